The second-order valence-electron chi connectivity index (χ2n) is 20.1. The zero-order valence-electron chi connectivity index (χ0n) is 33.6. The molecular weight excluding hydrogens is 585 g/mol. The van der Waals surface area contributed by atoms with E-state index in [1.807, 2.05) is 5.57 Å². The van der Waals surface area contributed by atoms with Crippen LogP contribution in [0.15, 0.2) is 11.6 Å². The first-order chi connectivity index (χ1) is 22.8. The molecule has 5 aliphatic rings. The molecule has 0 heterocycles. The molecule has 2 heteroatoms. The molecule has 0 spiro atoms. The van der Waals surface area contributed by atoms with Gasteiger partial charge in [-0.15, -0.1) is 0 Å². The maximum absolute atomic E-state index is 13.2. The van der Waals surface area contributed by atoms with Gasteiger partial charge in [0.15, 0.2) is 0 Å². The van der Waals surface area contributed by atoms with E-state index in [0.29, 0.717) is 28.6 Å². The minimum absolute atomic E-state index is 0.0210. The van der Waals surface area contributed by atoms with E-state index in [4.69, 9.17) is 4.74 Å². The summed E-state index contributed by atoms with van der Waals surface area (Å²) < 4.78 is 6.39. The summed E-state index contributed by atoms with van der Waals surface area (Å²) in [6.45, 7) is 23.0. The summed E-state index contributed by atoms with van der Waals surface area (Å²) in [7, 11) is 0. The maximum atomic E-state index is 13.2. The van der Waals surface area contributed by atoms with Crippen LogP contribution in [0.2, 0.25) is 0 Å². The highest BCUT2D eigenvalue weighted by atomic mass is 16.5. The van der Waals surface area contributed by atoms with Crippen LogP contribution in [0.1, 0.15) is 210 Å². The molecule has 4 saturated carbocycles. The second kappa shape index (κ2) is 15.4. The number of unbranched alkanes of at least 4 members (excludes halogenated alkanes) is 12. The van der Waals surface area contributed by atoms with Crippen LogP contribution in [0.25, 0.3) is 0 Å². The highest BCUT2D eigenvalue weighted by Gasteiger charge is 2.68. The van der Waals surface area contributed by atoms with Gasteiger partial charge in [0.1, 0.15) is 6.10 Å². The summed E-state index contributed by atoms with van der Waals surface area (Å²) in [6, 6.07) is 0. The molecule has 0 bridgehead atoms. The average Bonchev–Trinajstić information content (AvgIpc) is 3.40. The standard InChI is InChI=1S/C46H80O2/c1-10-11-12-13-14-15-16-17-18-19-20-21-22-23-41(47)48-40-29-30-43(6)36-28-31-46(9)39-27-24-35(34(2)3)44(39,7)32-33-45(46,8)37(36)25-26-38(43)42(40,4)5/h28,34-35,37-40H,10-27,29-33H2,1-9H3/t35-,37+,38+,39-,40+,43-,44-,45-,46+/m1/s1. The highest BCUT2D eigenvalue weighted by Crippen LogP contribution is 2.76. The van der Waals surface area contributed by atoms with E-state index in [1.54, 1.807) is 0 Å². The van der Waals surface area contributed by atoms with Crippen molar-refractivity contribution in [2.24, 2.45) is 56.7 Å². The first kappa shape index (κ1) is 38.4. The van der Waals surface area contributed by atoms with Crippen LogP contribution < -0.4 is 0 Å². The topological polar surface area (TPSA) is 26.3 Å². The fourth-order valence-electron chi connectivity index (χ4n) is 13.9. The maximum Gasteiger partial charge on any atom is 0.306 e. The molecule has 48 heavy (non-hydrogen) atoms. The second-order valence-corrected chi connectivity index (χ2v) is 20.1. The number of allylic oxidation sites excluding steroid dienone is 2. The van der Waals surface area contributed by atoms with Gasteiger partial charge >= 0.3 is 5.97 Å². The number of fused-ring (bicyclic) bond motifs is 7. The molecule has 0 aromatic carbocycles. The first-order valence-corrected chi connectivity index (χ1v) is 21.7. The van der Waals surface area contributed by atoms with Gasteiger partial charge in [-0.05, 0) is 115 Å². The van der Waals surface area contributed by atoms with Crippen LogP contribution >= 0.6 is 0 Å². The molecule has 0 N–H and O–H groups in total. The number of esters is 1. The molecular formula is C46H80O2. The van der Waals surface area contributed by atoms with Crippen LogP contribution in [0.5, 0.6) is 0 Å². The third-order valence-electron chi connectivity index (χ3n) is 16.9. The van der Waals surface area contributed by atoms with E-state index in [9.17, 15) is 4.79 Å². The average molecular weight is 665 g/mol. The van der Waals surface area contributed by atoms with Gasteiger partial charge < -0.3 is 4.74 Å². The van der Waals surface area contributed by atoms with Gasteiger partial charge in [-0.1, -0.05) is 151 Å². The molecule has 0 unspecified atom stereocenters. The molecule has 4 fully saturated rings. The van der Waals surface area contributed by atoms with Crippen molar-refractivity contribution in [3.8, 4) is 0 Å². The van der Waals surface area contributed by atoms with E-state index >= 15 is 0 Å². The van der Waals surface area contributed by atoms with Gasteiger partial charge in [0.25, 0.3) is 0 Å². The Morgan fingerprint density at radius 2 is 1.29 bits per heavy atom. The Balaban J connectivity index is 1.11. The quantitative estimate of drug-likeness (QED) is 0.0932. The SMILES string of the molecule is CCCCCCCCCCCCCCCC(=O)O[C@H]1CC[C@]2(C)C3=CC[C@@]4(C)[C@@H]5CC[C@H](C(C)C)[C@@]5(C)CC[C@]4(C)[C@H]3CC[C@H]2C1(C)C. The van der Waals surface area contributed by atoms with E-state index in [0.717, 1.165) is 36.5 Å². The Hall–Kier alpha value is -0.790. The molecule has 2 nitrogen and oxygen atoms in total. The minimum Gasteiger partial charge on any atom is -0.462 e. The smallest absolute Gasteiger partial charge is 0.306 e. The van der Waals surface area contributed by atoms with Gasteiger partial charge in [-0.2, -0.15) is 0 Å². The fraction of sp³-hybridized carbons (Fsp3) is 0.935. The summed E-state index contributed by atoms with van der Waals surface area (Å²) in [4.78, 5) is 13.2. The Bertz CT molecular complexity index is 1100. The molecule has 0 aromatic rings. The first-order valence-electron chi connectivity index (χ1n) is 21.7. The third kappa shape index (κ3) is 7.02. The minimum atomic E-state index is 0.0210. The molecule has 276 valence electrons. The van der Waals surface area contributed by atoms with Crippen LogP contribution in [0.3, 0.4) is 0 Å². The number of carbonyl (C=O) groups is 1. The predicted octanol–water partition coefficient (Wildman–Crippen LogP) is 14.1. The number of hydrogen-bond acceptors (Lipinski definition) is 2. The summed E-state index contributed by atoms with van der Waals surface area (Å²) in [5.74, 6) is 3.94. The van der Waals surface area contributed by atoms with Crippen molar-refractivity contribution in [3.63, 3.8) is 0 Å². The molecule has 0 saturated heterocycles. The van der Waals surface area contributed by atoms with Crippen LogP contribution in [-0.2, 0) is 9.53 Å². The van der Waals surface area contributed by atoms with Gasteiger partial charge in [-0.25, -0.2) is 0 Å². The molecule has 0 aromatic heterocycles. The van der Waals surface area contributed by atoms with Crippen LogP contribution in [0, 0.1) is 56.7 Å². The van der Waals surface area contributed by atoms with Crippen LogP contribution in [0.4, 0.5) is 0 Å². The molecule has 9 atom stereocenters. The van der Waals surface area contributed by atoms with E-state index in [2.05, 4.69) is 68.4 Å². The number of carbonyl (C=O) groups excluding carboxylic acids is 1. The molecule has 5 aliphatic carbocycles. The Kier molecular flexibility index (Phi) is 12.4. The summed E-state index contributed by atoms with van der Waals surface area (Å²) in [6.07, 6.45) is 32.7. The Morgan fingerprint density at radius 1 is 0.708 bits per heavy atom. The lowest BCUT2D eigenvalue weighted by molar-refractivity contribution is -0.181. The van der Waals surface area contributed by atoms with Crippen molar-refractivity contribution >= 4 is 5.97 Å². The van der Waals surface area contributed by atoms with Crippen LogP contribution in [-0.4, -0.2) is 12.1 Å². The zero-order chi connectivity index (χ0) is 34.8. The third-order valence-corrected chi connectivity index (χ3v) is 16.9. The lowest BCUT2D eigenvalue weighted by Crippen LogP contribution is -2.62. The zero-order valence-corrected chi connectivity index (χ0v) is 33.6. The van der Waals surface area contributed by atoms with E-state index in [-0.39, 0.29) is 22.9 Å². The van der Waals surface area contributed by atoms with Gasteiger partial charge in [0.05, 0.1) is 0 Å². The molecule has 0 aliphatic heterocycles. The summed E-state index contributed by atoms with van der Waals surface area (Å²) in [5, 5.41) is 0. The van der Waals surface area contributed by atoms with Crippen molar-refractivity contribution in [2.45, 2.75) is 216 Å². The van der Waals surface area contributed by atoms with E-state index < -0.39 is 0 Å². The monoisotopic (exact) mass is 665 g/mol. The lowest BCUT2D eigenvalue weighted by atomic mass is 9.35. The van der Waals surface area contributed by atoms with Gasteiger partial charge in [0, 0.05) is 11.8 Å². The van der Waals surface area contributed by atoms with E-state index in [1.165, 1.54) is 128 Å². The van der Waals surface area contributed by atoms with Crippen molar-refractivity contribution < 1.29 is 9.53 Å². The summed E-state index contributed by atoms with van der Waals surface area (Å²) in [5.41, 5.74) is 3.43. The number of rotatable bonds is 16. The Morgan fingerprint density at radius 3 is 1.90 bits per heavy atom. The van der Waals surface area contributed by atoms with Gasteiger partial charge in [0.2, 0.25) is 0 Å². The predicted molar refractivity (Wildman–Crippen MR) is 205 cm³/mol. The lowest BCUT2D eigenvalue weighted by Gasteiger charge is -2.69. The fourth-order valence-corrected chi connectivity index (χ4v) is 13.9. The van der Waals surface area contributed by atoms with Gasteiger partial charge in [-0.3, -0.25) is 4.79 Å². The largest absolute Gasteiger partial charge is 0.462 e. The van der Waals surface area contributed by atoms with Crippen molar-refractivity contribution in [1.29, 1.82) is 0 Å². The normalized spacial score (nSPS) is 40.0. The van der Waals surface area contributed by atoms with Crippen molar-refractivity contribution in [1.82, 2.24) is 0 Å². The number of ether oxygens (including phenoxy) is 1. The highest BCUT2D eigenvalue weighted by molar-refractivity contribution is 5.69. The molecule has 0 radical (unpaired) electrons. The number of hydrogen-bond donors (Lipinski definition) is 0. The molecule has 5 rings (SSSR count). The Labute approximate surface area is 299 Å². The summed E-state index contributed by atoms with van der Waals surface area (Å²) >= 11 is 0. The van der Waals surface area contributed by atoms with Crippen molar-refractivity contribution in [3.05, 3.63) is 11.6 Å². The molecule has 0 amide bonds. The van der Waals surface area contributed by atoms with Crippen molar-refractivity contribution in [2.75, 3.05) is 0 Å².